The van der Waals surface area contributed by atoms with Crippen molar-refractivity contribution in [2.45, 2.75) is 55.1 Å². The van der Waals surface area contributed by atoms with Gasteiger partial charge in [0.2, 0.25) is 4.39 Å². The third-order valence-electron chi connectivity index (χ3n) is 3.23. The molecule has 0 bridgehead atoms. The predicted octanol–water partition coefficient (Wildman–Crippen LogP) is 4.16. The molecule has 0 aromatic heterocycles. The Kier molecular flexibility index (Phi) is 5.40. The Balaban J connectivity index is 1.80. The van der Waals surface area contributed by atoms with Crippen molar-refractivity contribution in [3.8, 4) is 0 Å². The van der Waals surface area contributed by atoms with Crippen molar-refractivity contribution >= 4 is 41.1 Å². The molecule has 2 rings (SSSR count). The first kappa shape index (κ1) is 17.3. The molecule has 4 nitrogen and oxygen atoms in total. The molecule has 2 unspecified atom stereocenters. The molecule has 1 fully saturated rings. The van der Waals surface area contributed by atoms with Crippen LogP contribution in [0.4, 0.5) is 4.79 Å². The molecule has 2 aliphatic heterocycles. The molecule has 2 atom stereocenters. The van der Waals surface area contributed by atoms with Gasteiger partial charge in [-0.3, -0.25) is 0 Å². The van der Waals surface area contributed by atoms with Gasteiger partial charge in [0.05, 0.1) is 6.10 Å². The average Bonchev–Trinajstić information content (AvgIpc) is 2.68. The van der Waals surface area contributed by atoms with Gasteiger partial charge in [-0.25, -0.2) is 4.79 Å². The highest BCUT2D eigenvalue weighted by Gasteiger charge is 2.42. The summed E-state index contributed by atoms with van der Waals surface area (Å²) in [5, 5.41) is 1.52. The van der Waals surface area contributed by atoms with E-state index in [2.05, 4.69) is 0 Å². The van der Waals surface area contributed by atoms with Crippen molar-refractivity contribution in [2.75, 3.05) is 13.1 Å². The summed E-state index contributed by atoms with van der Waals surface area (Å²) in [7, 11) is 0. The molecule has 1 amide bonds. The van der Waals surface area contributed by atoms with E-state index in [0.717, 1.165) is 12.8 Å². The van der Waals surface area contributed by atoms with Gasteiger partial charge >= 0.3 is 6.09 Å². The third kappa shape index (κ3) is 4.68. The van der Waals surface area contributed by atoms with Gasteiger partial charge in [-0.2, -0.15) is 0 Å². The van der Waals surface area contributed by atoms with Crippen LogP contribution in [0, 0.1) is 0 Å². The highest BCUT2D eigenvalue weighted by atomic mass is 35.5. The Morgan fingerprint density at radius 1 is 1.38 bits per heavy atom. The Morgan fingerprint density at radius 3 is 2.48 bits per heavy atom. The molecule has 0 aromatic carbocycles. The molecule has 0 N–H and O–H groups in total. The number of alkyl halides is 2. The maximum absolute atomic E-state index is 12.0. The number of carbonyl (C=O) groups is 1. The molecule has 0 aliphatic carbocycles. The van der Waals surface area contributed by atoms with E-state index >= 15 is 0 Å². The third-order valence-corrected chi connectivity index (χ3v) is 5.48. The Bertz CT molecular complexity index is 419. The van der Waals surface area contributed by atoms with E-state index in [-0.39, 0.29) is 17.6 Å². The minimum absolute atomic E-state index is 0.00911. The maximum atomic E-state index is 12.0. The SMILES string of the molecule is CC(C)(C)OC(=O)N1CCC(OC2(Cl)SC=CC2Cl)CC1. The van der Waals surface area contributed by atoms with Gasteiger partial charge < -0.3 is 14.4 Å². The average molecular weight is 354 g/mol. The van der Waals surface area contributed by atoms with Crippen molar-refractivity contribution in [3.05, 3.63) is 11.5 Å². The normalized spacial score (nSPS) is 30.7. The Morgan fingerprint density at radius 2 is 2.00 bits per heavy atom. The van der Waals surface area contributed by atoms with Gasteiger partial charge in [0.25, 0.3) is 0 Å². The molecule has 7 heteroatoms. The summed E-state index contributed by atoms with van der Waals surface area (Å²) >= 11 is 13.9. The lowest BCUT2D eigenvalue weighted by Gasteiger charge is -2.36. The topological polar surface area (TPSA) is 38.8 Å². The van der Waals surface area contributed by atoms with Crippen LogP contribution in [0.15, 0.2) is 11.5 Å². The summed E-state index contributed by atoms with van der Waals surface area (Å²) in [4.78, 5) is 13.7. The number of nitrogens with zero attached hydrogens (tertiary/aromatic N) is 1. The Labute approximate surface area is 140 Å². The van der Waals surface area contributed by atoms with E-state index in [1.165, 1.54) is 11.8 Å². The van der Waals surface area contributed by atoms with E-state index in [9.17, 15) is 4.79 Å². The second kappa shape index (κ2) is 6.57. The Hall–Kier alpha value is -0.100. The van der Waals surface area contributed by atoms with E-state index in [1.807, 2.05) is 32.3 Å². The van der Waals surface area contributed by atoms with Crippen LogP contribution in [0.5, 0.6) is 0 Å². The number of hydrogen-bond acceptors (Lipinski definition) is 4. The number of halogens is 2. The molecule has 0 spiro atoms. The molecule has 2 aliphatic rings. The van der Waals surface area contributed by atoms with Crippen molar-refractivity contribution < 1.29 is 14.3 Å². The number of thioether (sulfide) groups is 1. The van der Waals surface area contributed by atoms with Crippen LogP contribution < -0.4 is 0 Å². The minimum atomic E-state index is -0.916. The van der Waals surface area contributed by atoms with E-state index in [1.54, 1.807) is 4.90 Å². The van der Waals surface area contributed by atoms with Gasteiger partial charge in [-0.1, -0.05) is 29.4 Å². The molecule has 120 valence electrons. The maximum Gasteiger partial charge on any atom is 0.410 e. The summed E-state index contributed by atoms with van der Waals surface area (Å²) in [6.45, 7) is 6.81. The highest BCUT2D eigenvalue weighted by molar-refractivity contribution is 8.04. The van der Waals surface area contributed by atoms with Gasteiger partial charge in [0.1, 0.15) is 11.0 Å². The smallest absolute Gasteiger partial charge is 0.410 e. The summed E-state index contributed by atoms with van der Waals surface area (Å²) in [5.41, 5.74) is -0.470. The van der Waals surface area contributed by atoms with Gasteiger partial charge in [-0.05, 0) is 39.0 Å². The summed E-state index contributed by atoms with van der Waals surface area (Å²) in [6.07, 6.45) is 3.04. The lowest BCUT2D eigenvalue weighted by Crippen LogP contribution is -2.45. The molecule has 2 heterocycles. The van der Waals surface area contributed by atoms with Crippen LogP contribution >= 0.6 is 35.0 Å². The molecule has 21 heavy (non-hydrogen) atoms. The zero-order chi connectivity index (χ0) is 15.7. The summed E-state index contributed by atoms with van der Waals surface area (Å²) in [5.74, 6) is 0. The second-order valence-corrected chi connectivity index (χ2v) is 8.59. The lowest BCUT2D eigenvalue weighted by atomic mass is 10.1. The number of carbonyl (C=O) groups excluding carboxylic acids is 1. The van der Waals surface area contributed by atoms with Crippen molar-refractivity contribution in [3.63, 3.8) is 0 Å². The van der Waals surface area contributed by atoms with Gasteiger partial charge in [0, 0.05) is 13.1 Å². The molecule has 0 radical (unpaired) electrons. The summed E-state index contributed by atoms with van der Waals surface area (Å²) in [6, 6.07) is 0. The number of ether oxygens (including phenoxy) is 2. The van der Waals surface area contributed by atoms with Gasteiger partial charge in [-0.15, -0.1) is 11.6 Å². The first-order valence-electron chi connectivity index (χ1n) is 7.03. The number of hydrogen-bond donors (Lipinski definition) is 0. The van der Waals surface area contributed by atoms with Gasteiger partial charge in [0.15, 0.2) is 0 Å². The second-order valence-electron chi connectivity index (χ2n) is 6.22. The fourth-order valence-corrected chi connectivity index (χ4v) is 3.72. The zero-order valence-electron chi connectivity index (χ0n) is 12.5. The monoisotopic (exact) mass is 353 g/mol. The largest absolute Gasteiger partial charge is 0.444 e. The molecular weight excluding hydrogens is 333 g/mol. The van der Waals surface area contributed by atoms with E-state index in [4.69, 9.17) is 32.7 Å². The van der Waals surface area contributed by atoms with Crippen molar-refractivity contribution in [1.29, 1.82) is 0 Å². The fourth-order valence-electron chi connectivity index (χ4n) is 2.18. The predicted molar refractivity (Wildman–Crippen MR) is 86.9 cm³/mol. The van der Waals surface area contributed by atoms with Crippen LogP contribution in [0.2, 0.25) is 0 Å². The number of likely N-dealkylation sites (tertiary alicyclic amines) is 1. The minimum Gasteiger partial charge on any atom is -0.444 e. The quantitative estimate of drug-likeness (QED) is 0.698. The van der Waals surface area contributed by atoms with Crippen molar-refractivity contribution in [1.82, 2.24) is 4.90 Å². The molecule has 0 saturated carbocycles. The fraction of sp³-hybridized carbons (Fsp3) is 0.786. The zero-order valence-corrected chi connectivity index (χ0v) is 14.8. The standard InChI is InChI=1S/C14H21Cl2NO3S/c1-13(2,3)20-12(18)17-7-4-10(5-8-17)19-14(16)11(15)6-9-21-14/h6,9-11H,4-5,7-8H2,1-3H3. The number of amides is 1. The number of piperidine rings is 1. The van der Waals surface area contributed by atoms with Crippen LogP contribution in [-0.2, 0) is 9.47 Å². The highest BCUT2D eigenvalue weighted by Crippen LogP contribution is 2.45. The number of rotatable bonds is 2. The van der Waals surface area contributed by atoms with Crippen LogP contribution in [0.1, 0.15) is 33.6 Å². The summed E-state index contributed by atoms with van der Waals surface area (Å²) < 4.78 is 10.4. The van der Waals surface area contributed by atoms with Crippen LogP contribution in [0.3, 0.4) is 0 Å². The van der Waals surface area contributed by atoms with E-state index < -0.39 is 9.99 Å². The first-order chi connectivity index (χ1) is 9.70. The van der Waals surface area contributed by atoms with Crippen LogP contribution in [-0.4, -0.2) is 45.6 Å². The first-order valence-corrected chi connectivity index (χ1v) is 8.72. The molecular formula is C14H21Cl2NO3S. The molecule has 0 aromatic rings. The van der Waals surface area contributed by atoms with E-state index in [0.29, 0.717) is 13.1 Å². The molecule has 1 saturated heterocycles. The van der Waals surface area contributed by atoms with Crippen LogP contribution in [0.25, 0.3) is 0 Å². The van der Waals surface area contributed by atoms with Crippen molar-refractivity contribution in [2.24, 2.45) is 0 Å². The lowest BCUT2D eigenvalue weighted by molar-refractivity contribution is -0.0288.